The number of rotatable bonds is 5. The van der Waals surface area contributed by atoms with E-state index in [2.05, 4.69) is 22.3 Å². The normalized spacial score (nSPS) is 10.7. The van der Waals surface area contributed by atoms with Gasteiger partial charge in [-0.25, -0.2) is 9.50 Å². The van der Waals surface area contributed by atoms with E-state index < -0.39 is 0 Å². The smallest absolute Gasteiger partial charge is 0.157 e. The van der Waals surface area contributed by atoms with Crippen molar-refractivity contribution in [3.05, 3.63) is 24.5 Å². The van der Waals surface area contributed by atoms with Crippen molar-refractivity contribution < 1.29 is 0 Å². The Morgan fingerprint density at radius 2 is 2.27 bits per heavy atom. The Kier molecular flexibility index (Phi) is 3.17. The summed E-state index contributed by atoms with van der Waals surface area (Å²) >= 11 is 0. The number of anilines is 1. The second-order valence-corrected chi connectivity index (χ2v) is 3.58. The quantitative estimate of drug-likeness (QED) is 0.760. The summed E-state index contributed by atoms with van der Waals surface area (Å²) in [7, 11) is 0. The summed E-state index contributed by atoms with van der Waals surface area (Å²) in [6, 6.07) is 3.85. The van der Waals surface area contributed by atoms with Gasteiger partial charge in [0.1, 0.15) is 5.82 Å². The van der Waals surface area contributed by atoms with Gasteiger partial charge in [-0.05, 0) is 12.5 Å². The van der Waals surface area contributed by atoms with Gasteiger partial charge in [-0.1, -0.05) is 19.8 Å². The summed E-state index contributed by atoms with van der Waals surface area (Å²) in [5.41, 5.74) is 0.885. The van der Waals surface area contributed by atoms with E-state index >= 15 is 0 Å². The number of hydrogen-bond acceptors (Lipinski definition) is 3. The first-order chi connectivity index (χ1) is 7.40. The Morgan fingerprint density at radius 3 is 3.13 bits per heavy atom. The lowest BCUT2D eigenvalue weighted by Crippen LogP contribution is -2.04. The standard InChI is InChI=1S/C11H16N4/c1-2-3-4-7-12-10-6-9-15-11(14-10)5-8-13-15/h5-6,8-9H,2-4,7H2,1H3,(H,12,14). The van der Waals surface area contributed by atoms with Gasteiger partial charge in [-0.15, -0.1) is 0 Å². The number of nitrogens with zero attached hydrogens (tertiary/aromatic N) is 3. The molecule has 2 aromatic rings. The van der Waals surface area contributed by atoms with Crippen LogP contribution in [0.3, 0.4) is 0 Å². The molecule has 2 heterocycles. The van der Waals surface area contributed by atoms with Gasteiger partial charge in [0.25, 0.3) is 0 Å². The molecule has 0 aliphatic carbocycles. The molecular formula is C11H16N4. The van der Waals surface area contributed by atoms with Gasteiger partial charge in [-0.3, -0.25) is 0 Å². The van der Waals surface area contributed by atoms with Crippen LogP contribution in [0.5, 0.6) is 0 Å². The average Bonchev–Trinajstić information content (AvgIpc) is 2.71. The molecule has 80 valence electrons. The highest BCUT2D eigenvalue weighted by Crippen LogP contribution is 2.06. The Bertz CT molecular complexity index is 421. The largest absolute Gasteiger partial charge is 0.370 e. The summed E-state index contributed by atoms with van der Waals surface area (Å²) in [6.07, 6.45) is 7.38. The molecule has 15 heavy (non-hydrogen) atoms. The second kappa shape index (κ2) is 4.77. The first kappa shape index (κ1) is 9.96. The molecule has 0 spiro atoms. The average molecular weight is 204 g/mol. The van der Waals surface area contributed by atoms with Crippen molar-refractivity contribution in [2.45, 2.75) is 26.2 Å². The van der Waals surface area contributed by atoms with E-state index in [0.717, 1.165) is 18.0 Å². The first-order valence-corrected chi connectivity index (χ1v) is 5.44. The van der Waals surface area contributed by atoms with E-state index in [4.69, 9.17) is 0 Å². The molecule has 4 nitrogen and oxygen atoms in total. The number of hydrogen-bond donors (Lipinski definition) is 1. The predicted octanol–water partition coefficient (Wildman–Crippen LogP) is 2.33. The third-order valence-electron chi connectivity index (χ3n) is 2.34. The van der Waals surface area contributed by atoms with Crippen molar-refractivity contribution in [2.24, 2.45) is 0 Å². The molecule has 2 aromatic heterocycles. The zero-order chi connectivity index (χ0) is 10.5. The maximum Gasteiger partial charge on any atom is 0.157 e. The summed E-state index contributed by atoms with van der Waals surface area (Å²) in [4.78, 5) is 4.42. The summed E-state index contributed by atoms with van der Waals surface area (Å²) in [6.45, 7) is 3.20. The minimum atomic E-state index is 0.885. The van der Waals surface area contributed by atoms with Crippen molar-refractivity contribution >= 4 is 11.5 Å². The van der Waals surface area contributed by atoms with Crippen LogP contribution in [0.4, 0.5) is 5.82 Å². The molecule has 0 aliphatic heterocycles. The summed E-state index contributed by atoms with van der Waals surface area (Å²) in [5, 5.41) is 7.41. The Balaban J connectivity index is 1.96. The summed E-state index contributed by atoms with van der Waals surface area (Å²) in [5.74, 6) is 0.930. The van der Waals surface area contributed by atoms with Gasteiger partial charge in [0.05, 0.1) is 6.20 Å². The maximum atomic E-state index is 4.42. The molecule has 4 heteroatoms. The van der Waals surface area contributed by atoms with Crippen molar-refractivity contribution in [3.8, 4) is 0 Å². The van der Waals surface area contributed by atoms with Crippen LogP contribution < -0.4 is 5.32 Å². The van der Waals surface area contributed by atoms with Crippen molar-refractivity contribution in [1.82, 2.24) is 14.6 Å². The predicted molar refractivity (Wildman–Crippen MR) is 61.0 cm³/mol. The fourth-order valence-corrected chi connectivity index (χ4v) is 1.50. The second-order valence-electron chi connectivity index (χ2n) is 3.58. The molecule has 0 bridgehead atoms. The number of unbranched alkanes of at least 4 members (excludes halogenated alkanes) is 2. The lowest BCUT2D eigenvalue weighted by atomic mass is 10.2. The van der Waals surface area contributed by atoms with Crippen LogP contribution in [0.15, 0.2) is 24.5 Å². The van der Waals surface area contributed by atoms with E-state index in [1.165, 1.54) is 19.3 Å². The van der Waals surface area contributed by atoms with Crippen LogP contribution in [0, 0.1) is 0 Å². The molecule has 0 fully saturated rings. The fraction of sp³-hybridized carbons (Fsp3) is 0.455. The maximum absolute atomic E-state index is 4.42. The highest BCUT2D eigenvalue weighted by atomic mass is 15.2. The van der Waals surface area contributed by atoms with Gasteiger partial charge in [0.15, 0.2) is 5.65 Å². The van der Waals surface area contributed by atoms with Gasteiger partial charge in [0.2, 0.25) is 0 Å². The molecular weight excluding hydrogens is 188 g/mol. The SMILES string of the molecule is CCCCCNc1ccn2nccc2n1. The third-order valence-corrected chi connectivity index (χ3v) is 2.34. The van der Waals surface area contributed by atoms with E-state index in [9.17, 15) is 0 Å². The minimum absolute atomic E-state index is 0.885. The number of aromatic nitrogens is 3. The number of nitrogens with one attached hydrogen (secondary N) is 1. The topological polar surface area (TPSA) is 42.2 Å². The van der Waals surface area contributed by atoms with Gasteiger partial charge < -0.3 is 5.32 Å². The molecule has 0 saturated heterocycles. The number of fused-ring (bicyclic) bond motifs is 1. The minimum Gasteiger partial charge on any atom is -0.370 e. The third kappa shape index (κ3) is 2.46. The highest BCUT2D eigenvalue weighted by molar-refractivity contribution is 5.45. The van der Waals surface area contributed by atoms with Gasteiger partial charge in [-0.2, -0.15) is 5.10 Å². The molecule has 0 saturated carbocycles. The molecule has 0 amide bonds. The Morgan fingerprint density at radius 1 is 1.33 bits per heavy atom. The van der Waals surface area contributed by atoms with Gasteiger partial charge >= 0.3 is 0 Å². The Labute approximate surface area is 89.3 Å². The van der Waals surface area contributed by atoms with Crippen LogP contribution >= 0.6 is 0 Å². The van der Waals surface area contributed by atoms with E-state index in [0.29, 0.717) is 0 Å². The molecule has 0 aliphatic rings. The highest BCUT2D eigenvalue weighted by Gasteiger charge is 1.97. The zero-order valence-corrected chi connectivity index (χ0v) is 8.98. The van der Waals surface area contributed by atoms with E-state index in [1.807, 2.05) is 18.3 Å². The van der Waals surface area contributed by atoms with Crippen molar-refractivity contribution in [1.29, 1.82) is 0 Å². The molecule has 1 N–H and O–H groups in total. The molecule has 0 radical (unpaired) electrons. The van der Waals surface area contributed by atoms with E-state index in [1.54, 1.807) is 10.7 Å². The van der Waals surface area contributed by atoms with Crippen molar-refractivity contribution in [3.63, 3.8) is 0 Å². The van der Waals surface area contributed by atoms with Crippen molar-refractivity contribution in [2.75, 3.05) is 11.9 Å². The van der Waals surface area contributed by atoms with Crippen LogP contribution in [0.25, 0.3) is 5.65 Å². The lowest BCUT2D eigenvalue weighted by Gasteiger charge is -2.04. The van der Waals surface area contributed by atoms with E-state index in [-0.39, 0.29) is 0 Å². The summed E-state index contributed by atoms with van der Waals surface area (Å²) < 4.78 is 1.76. The monoisotopic (exact) mass is 204 g/mol. The molecule has 0 aromatic carbocycles. The lowest BCUT2D eigenvalue weighted by molar-refractivity contribution is 0.742. The van der Waals surface area contributed by atoms with Crippen LogP contribution in [0.2, 0.25) is 0 Å². The van der Waals surface area contributed by atoms with Crippen LogP contribution in [-0.4, -0.2) is 21.1 Å². The Hall–Kier alpha value is -1.58. The van der Waals surface area contributed by atoms with Gasteiger partial charge in [0, 0.05) is 18.8 Å². The molecule has 0 atom stereocenters. The fourth-order valence-electron chi connectivity index (χ4n) is 1.50. The molecule has 2 rings (SSSR count). The zero-order valence-electron chi connectivity index (χ0n) is 8.98. The first-order valence-electron chi connectivity index (χ1n) is 5.44. The van der Waals surface area contributed by atoms with Crippen LogP contribution in [-0.2, 0) is 0 Å². The molecule has 0 unspecified atom stereocenters. The van der Waals surface area contributed by atoms with Crippen LogP contribution in [0.1, 0.15) is 26.2 Å².